The number of nitrogens with zero attached hydrogens (tertiary/aromatic N) is 1. The Bertz CT molecular complexity index is 775. The highest BCUT2D eigenvalue weighted by atomic mass is 16.4. The molecule has 2 atom stereocenters. The Kier molecular flexibility index (Phi) is 7.01. The first-order valence-electron chi connectivity index (χ1n) is 9.99. The van der Waals surface area contributed by atoms with Gasteiger partial charge in [0, 0.05) is 19.6 Å². The first kappa shape index (κ1) is 20.3. The number of likely N-dealkylation sites (tertiary alicyclic amines) is 1. The fourth-order valence-electron chi connectivity index (χ4n) is 4.04. The van der Waals surface area contributed by atoms with E-state index in [0.717, 1.165) is 18.4 Å². The van der Waals surface area contributed by atoms with E-state index in [4.69, 9.17) is 0 Å². The maximum Gasteiger partial charge on any atom is 0.313 e. The smallest absolute Gasteiger partial charge is 0.313 e. The van der Waals surface area contributed by atoms with Crippen LogP contribution in [0.3, 0.4) is 0 Å². The van der Waals surface area contributed by atoms with Crippen molar-refractivity contribution in [2.24, 2.45) is 5.41 Å². The molecule has 1 saturated heterocycles. The second-order valence-electron chi connectivity index (χ2n) is 7.65. The third kappa shape index (κ3) is 5.09. The van der Waals surface area contributed by atoms with Crippen LogP contribution >= 0.6 is 0 Å². The first-order chi connectivity index (χ1) is 13.6. The van der Waals surface area contributed by atoms with Gasteiger partial charge < -0.3 is 10.2 Å². The molecule has 0 bridgehead atoms. The van der Waals surface area contributed by atoms with Crippen molar-refractivity contribution >= 4 is 12.0 Å². The van der Waals surface area contributed by atoms with Gasteiger partial charge in [-0.2, -0.15) is 0 Å². The number of carboxylic acids is 1. The van der Waals surface area contributed by atoms with Crippen LogP contribution < -0.4 is 0 Å². The summed E-state index contributed by atoms with van der Waals surface area (Å²) >= 11 is 0. The second-order valence-corrected chi connectivity index (χ2v) is 7.65. The van der Waals surface area contributed by atoms with Crippen molar-refractivity contribution in [3.8, 4) is 0 Å². The zero-order chi connectivity index (χ0) is 19.8. The molecule has 2 N–H and O–H groups in total. The van der Waals surface area contributed by atoms with Crippen molar-refractivity contribution in [3.63, 3.8) is 0 Å². The molecular weight excluding hydrogens is 350 g/mol. The molecule has 3 rings (SSSR count). The SMILES string of the molecule is O=C(O)[C@]1(CCCc2ccccc2)CN(CC=Cc2ccccc2)CC[C@@H]1O. The van der Waals surface area contributed by atoms with Gasteiger partial charge in [-0.15, -0.1) is 0 Å². The van der Waals surface area contributed by atoms with Gasteiger partial charge in [0.25, 0.3) is 0 Å². The monoisotopic (exact) mass is 379 g/mol. The summed E-state index contributed by atoms with van der Waals surface area (Å²) in [5.41, 5.74) is 1.25. The summed E-state index contributed by atoms with van der Waals surface area (Å²) in [6, 6.07) is 20.2. The molecule has 0 aliphatic carbocycles. The van der Waals surface area contributed by atoms with Crippen LogP contribution in [-0.4, -0.2) is 46.8 Å². The van der Waals surface area contributed by atoms with E-state index in [2.05, 4.69) is 29.2 Å². The van der Waals surface area contributed by atoms with Crippen LogP contribution in [0.15, 0.2) is 66.7 Å². The minimum absolute atomic E-state index is 0.386. The normalized spacial score (nSPS) is 23.1. The van der Waals surface area contributed by atoms with Crippen molar-refractivity contribution < 1.29 is 15.0 Å². The average Bonchev–Trinajstić information content (AvgIpc) is 2.71. The number of carbonyl (C=O) groups is 1. The largest absolute Gasteiger partial charge is 0.481 e. The minimum atomic E-state index is -1.09. The summed E-state index contributed by atoms with van der Waals surface area (Å²) in [4.78, 5) is 14.3. The second kappa shape index (κ2) is 9.67. The van der Waals surface area contributed by atoms with Crippen molar-refractivity contribution in [2.75, 3.05) is 19.6 Å². The Morgan fingerprint density at radius 2 is 1.79 bits per heavy atom. The Morgan fingerprint density at radius 1 is 1.11 bits per heavy atom. The van der Waals surface area contributed by atoms with Gasteiger partial charge in [-0.25, -0.2) is 0 Å². The van der Waals surface area contributed by atoms with Crippen LogP contribution in [0, 0.1) is 5.41 Å². The quantitative estimate of drug-likeness (QED) is 0.731. The van der Waals surface area contributed by atoms with Crippen LogP contribution in [0.1, 0.15) is 30.4 Å². The summed E-state index contributed by atoms with van der Waals surface area (Å²) in [6.45, 7) is 1.79. The van der Waals surface area contributed by atoms with Gasteiger partial charge in [-0.05, 0) is 36.8 Å². The summed E-state index contributed by atoms with van der Waals surface area (Å²) in [6.07, 6.45) is 5.90. The number of carboxylic acid groups (broad SMARTS) is 1. The summed E-state index contributed by atoms with van der Waals surface area (Å²) in [5.74, 6) is -0.884. The molecular formula is C24H29NO3. The summed E-state index contributed by atoms with van der Waals surface area (Å²) in [5, 5.41) is 20.6. The molecule has 0 aromatic heterocycles. The van der Waals surface area contributed by atoms with Crippen LogP contribution in [0.5, 0.6) is 0 Å². The van der Waals surface area contributed by atoms with E-state index in [1.807, 2.05) is 48.5 Å². The lowest BCUT2D eigenvalue weighted by Gasteiger charge is -2.43. The third-order valence-corrected chi connectivity index (χ3v) is 5.69. The number of rotatable bonds is 8. The van der Waals surface area contributed by atoms with Crippen molar-refractivity contribution in [3.05, 3.63) is 77.9 Å². The predicted octanol–water partition coefficient (Wildman–Crippen LogP) is 3.86. The van der Waals surface area contributed by atoms with Gasteiger partial charge in [-0.3, -0.25) is 9.69 Å². The fourth-order valence-corrected chi connectivity index (χ4v) is 4.04. The zero-order valence-corrected chi connectivity index (χ0v) is 16.2. The Balaban J connectivity index is 1.61. The molecule has 0 unspecified atom stereocenters. The van der Waals surface area contributed by atoms with E-state index < -0.39 is 17.5 Å². The number of piperidine rings is 1. The topological polar surface area (TPSA) is 60.8 Å². The van der Waals surface area contributed by atoms with E-state index in [1.54, 1.807) is 0 Å². The van der Waals surface area contributed by atoms with Gasteiger partial charge in [0.15, 0.2) is 0 Å². The van der Waals surface area contributed by atoms with E-state index in [1.165, 1.54) is 5.56 Å². The molecule has 148 valence electrons. The minimum Gasteiger partial charge on any atom is -0.481 e. The maximum absolute atomic E-state index is 12.2. The molecule has 4 heteroatoms. The molecule has 2 aromatic carbocycles. The molecule has 1 fully saturated rings. The predicted molar refractivity (Wildman–Crippen MR) is 112 cm³/mol. The molecule has 28 heavy (non-hydrogen) atoms. The molecule has 1 aliphatic rings. The fraction of sp³-hybridized carbons (Fsp3) is 0.375. The highest BCUT2D eigenvalue weighted by molar-refractivity contribution is 5.76. The van der Waals surface area contributed by atoms with E-state index >= 15 is 0 Å². The van der Waals surface area contributed by atoms with Crippen LogP contribution in [-0.2, 0) is 11.2 Å². The molecule has 0 spiro atoms. The highest BCUT2D eigenvalue weighted by Crippen LogP contribution is 2.36. The highest BCUT2D eigenvalue weighted by Gasteiger charge is 2.48. The van der Waals surface area contributed by atoms with Gasteiger partial charge >= 0.3 is 5.97 Å². The number of aliphatic hydroxyl groups is 1. The van der Waals surface area contributed by atoms with Crippen LogP contribution in [0.2, 0.25) is 0 Å². The number of benzene rings is 2. The van der Waals surface area contributed by atoms with E-state index in [0.29, 0.717) is 32.5 Å². The first-order valence-corrected chi connectivity index (χ1v) is 9.99. The number of hydrogen-bond donors (Lipinski definition) is 2. The summed E-state index contributed by atoms with van der Waals surface area (Å²) in [7, 11) is 0. The van der Waals surface area contributed by atoms with Crippen molar-refractivity contribution in [2.45, 2.75) is 31.8 Å². The van der Waals surface area contributed by atoms with Crippen LogP contribution in [0.4, 0.5) is 0 Å². The number of hydrogen-bond acceptors (Lipinski definition) is 3. The molecule has 4 nitrogen and oxygen atoms in total. The standard InChI is InChI=1S/C24H29NO3/c26-22-15-18-25(17-8-14-21-11-5-2-6-12-21)19-24(22,23(27)28)16-7-13-20-9-3-1-4-10-20/h1-6,8-12,14,22,26H,7,13,15-19H2,(H,27,28)/t22-,24+/m0/s1. The maximum atomic E-state index is 12.2. The number of aliphatic hydroxyl groups excluding tert-OH is 1. The van der Waals surface area contributed by atoms with Gasteiger partial charge in [0.05, 0.1) is 6.10 Å². The van der Waals surface area contributed by atoms with E-state index in [-0.39, 0.29) is 0 Å². The summed E-state index contributed by atoms with van der Waals surface area (Å²) < 4.78 is 0. The molecule has 2 aromatic rings. The molecule has 1 heterocycles. The molecule has 1 aliphatic heterocycles. The zero-order valence-electron chi connectivity index (χ0n) is 16.2. The molecule has 0 radical (unpaired) electrons. The van der Waals surface area contributed by atoms with Crippen molar-refractivity contribution in [1.82, 2.24) is 4.90 Å². The number of aryl methyl sites for hydroxylation is 1. The third-order valence-electron chi connectivity index (χ3n) is 5.69. The van der Waals surface area contributed by atoms with Crippen molar-refractivity contribution in [1.29, 1.82) is 0 Å². The van der Waals surface area contributed by atoms with E-state index in [9.17, 15) is 15.0 Å². The van der Waals surface area contributed by atoms with Gasteiger partial charge in [0.1, 0.15) is 5.41 Å². The molecule has 0 saturated carbocycles. The Morgan fingerprint density at radius 3 is 2.46 bits per heavy atom. The van der Waals surface area contributed by atoms with Gasteiger partial charge in [0.2, 0.25) is 0 Å². The Hall–Kier alpha value is -2.43. The lowest BCUT2D eigenvalue weighted by Crippen LogP contribution is -2.56. The van der Waals surface area contributed by atoms with Gasteiger partial charge in [-0.1, -0.05) is 72.8 Å². The lowest BCUT2D eigenvalue weighted by atomic mass is 9.73. The lowest BCUT2D eigenvalue weighted by molar-refractivity contribution is -0.164. The number of aliphatic carboxylic acids is 1. The van der Waals surface area contributed by atoms with Crippen LogP contribution in [0.25, 0.3) is 6.08 Å². The average molecular weight is 380 g/mol. The molecule has 0 amide bonds. The Labute approximate surface area is 167 Å².